The fourth-order valence-corrected chi connectivity index (χ4v) is 4.70. The van der Waals surface area contributed by atoms with Gasteiger partial charge in [-0.2, -0.15) is 0 Å². The Labute approximate surface area is 167 Å². The van der Waals surface area contributed by atoms with E-state index in [1.807, 2.05) is 30.0 Å². The third-order valence-electron chi connectivity index (χ3n) is 4.33. The van der Waals surface area contributed by atoms with Gasteiger partial charge in [0, 0.05) is 11.9 Å². The highest BCUT2D eigenvalue weighted by Gasteiger charge is 2.30. The van der Waals surface area contributed by atoms with Gasteiger partial charge in [-0.05, 0) is 58.2 Å². The summed E-state index contributed by atoms with van der Waals surface area (Å²) < 4.78 is 18.4. The summed E-state index contributed by atoms with van der Waals surface area (Å²) in [4.78, 5) is 1.08. The topological polar surface area (TPSA) is 27.7 Å². The molecule has 0 radical (unpaired) electrons. The lowest BCUT2D eigenvalue weighted by Gasteiger charge is -2.32. The first kappa shape index (κ1) is 20.1. The Morgan fingerprint density at radius 2 is 1.52 bits per heavy atom. The molecule has 1 fully saturated rings. The molecule has 0 saturated carbocycles. The Hall–Kier alpha value is -1.65. The largest absolute Gasteiger partial charge is 0.490 e. The predicted octanol–water partition coefficient (Wildman–Crippen LogP) is 6.27. The van der Waals surface area contributed by atoms with Gasteiger partial charge in [-0.25, -0.2) is 0 Å². The zero-order valence-electron chi connectivity index (χ0n) is 16.7. The van der Waals surface area contributed by atoms with Gasteiger partial charge in [0.25, 0.3) is 0 Å². The zero-order valence-corrected chi connectivity index (χ0v) is 17.5. The van der Waals surface area contributed by atoms with Gasteiger partial charge >= 0.3 is 0 Å². The molecule has 3 rings (SSSR count). The van der Waals surface area contributed by atoms with Crippen molar-refractivity contribution in [3.63, 3.8) is 0 Å². The lowest BCUT2D eigenvalue weighted by atomic mass is 10.0. The van der Waals surface area contributed by atoms with Gasteiger partial charge in [0.15, 0.2) is 0 Å². The molecular weight excluding hydrogens is 356 g/mol. The minimum absolute atomic E-state index is 0.0870. The zero-order chi connectivity index (χ0) is 19.2. The SMILES string of the molecule is CC(C)Oc1cccc(OC(C)C)c1S[C@H]1CCCO[C@@H]1c1ccccc1. The third-order valence-corrected chi connectivity index (χ3v) is 5.76. The third kappa shape index (κ3) is 5.43. The summed E-state index contributed by atoms with van der Waals surface area (Å²) in [6, 6.07) is 16.6. The van der Waals surface area contributed by atoms with E-state index in [0.29, 0.717) is 5.25 Å². The van der Waals surface area contributed by atoms with E-state index in [-0.39, 0.29) is 18.3 Å². The predicted molar refractivity (Wildman–Crippen MR) is 112 cm³/mol. The lowest BCUT2D eigenvalue weighted by Crippen LogP contribution is -2.25. The van der Waals surface area contributed by atoms with Crippen molar-refractivity contribution >= 4 is 11.8 Å². The molecule has 27 heavy (non-hydrogen) atoms. The van der Waals surface area contributed by atoms with Gasteiger partial charge in [0.2, 0.25) is 0 Å². The highest BCUT2D eigenvalue weighted by Crippen LogP contribution is 2.47. The van der Waals surface area contributed by atoms with Gasteiger partial charge < -0.3 is 14.2 Å². The minimum atomic E-state index is 0.0870. The van der Waals surface area contributed by atoms with Gasteiger partial charge in [-0.3, -0.25) is 0 Å². The fraction of sp³-hybridized carbons (Fsp3) is 0.478. The number of hydrogen-bond donors (Lipinski definition) is 0. The maximum Gasteiger partial charge on any atom is 0.137 e. The molecule has 0 amide bonds. The van der Waals surface area contributed by atoms with Crippen LogP contribution in [0.4, 0.5) is 0 Å². The van der Waals surface area contributed by atoms with E-state index >= 15 is 0 Å². The van der Waals surface area contributed by atoms with E-state index in [4.69, 9.17) is 14.2 Å². The van der Waals surface area contributed by atoms with Crippen LogP contribution in [0.25, 0.3) is 0 Å². The molecule has 3 nitrogen and oxygen atoms in total. The molecule has 1 aliphatic heterocycles. The Kier molecular flexibility index (Phi) is 7.08. The van der Waals surface area contributed by atoms with Crippen LogP contribution < -0.4 is 9.47 Å². The fourth-order valence-electron chi connectivity index (χ4n) is 3.28. The summed E-state index contributed by atoms with van der Waals surface area (Å²) >= 11 is 1.83. The molecule has 2 aromatic carbocycles. The summed E-state index contributed by atoms with van der Waals surface area (Å²) in [5.74, 6) is 1.79. The number of ether oxygens (including phenoxy) is 3. The van der Waals surface area contributed by atoms with Gasteiger partial charge in [-0.15, -0.1) is 11.8 Å². The monoisotopic (exact) mass is 386 g/mol. The average Bonchev–Trinajstić information content (AvgIpc) is 2.64. The van der Waals surface area contributed by atoms with Gasteiger partial charge in [0.05, 0.1) is 23.2 Å². The first-order valence-corrected chi connectivity index (χ1v) is 10.7. The summed E-state index contributed by atoms with van der Waals surface area (Å²) in [7, 11) is 0. The van der Waals surface area contributed by atoms with Crippen LogP contribution in [0, 0.1) is 0 Å². The first-order valence-electron chi connectivity index (χ1n) is 9.84. The average molecular weight is 387 g/mol. The van der Waals surface area contributed by atoms with Crippen LogP contribution in [0.5, 0.6) is 11.5 Å². The molecule has 0 unspecified atom stereocenters. The second kappa shape index (κ2) is 9.52. The number of rotatable bonds is 7. The number of hydrogen-bond acceptors (Lipinski definition) is 4. The Morgan fingerprint density at radius 3 is 2.11 bits per heavy atom. The van der Waals surface area contributed by atoms with Crippen molar-refractivity contribution in [2.45, 2.75) is 69.0 Å². The van der Waals surface area contributed by atoms with E-state index in [1.165, 1.54) is 5.56 Å². The molecule has 0 bridgehead atoms. The van der Waals surface area contributed by atoms with E-state index in [1.54, 1.807) is 0 Å². The molecule has 2 aromatic rings. The Bertz CT molecular complexity index is 687. The van der Waals surface area contributed by atoms with E-state index in [0.717, 1.165) is 35.8 Å². The van der Waals surface area contributed by atoms with Crippen molar-refractivity contribution in [3.05, 3.63) is 54.1 Å². The van der Waals surface area contributed by atoms with E-state index in [2.05, 4.69) is 58.0 Å². The molecule has 0 N–H and O–H groups in total. The summed E-state index contributed by atoms with van der Waals surface area (Å²) in [5, 5.41) is 0.326. The summed E-state index contributed by atoms with van der Waals surface area (Å²) in [6.07, 6.45) is 2.51. The number of benzene rings is 2. The lowest BCUT2D eigenvalue weighted by molar-refractivity contribution is 0.0201. The van der Waals surface area contributed by atoms with Crippen LogP contribution in [0.1, 0.15) is 52.2 Å². The molecule has 2 atom stereocenters. The summed E-state index contributed by atoms with van der Waals surface area (Å²) in [5.41, 5.74) is 1.24. The molecule has 0 aromatic heterocycles. The Morgan fingerprint density at radius 1 is 0.889 bits per heavy atom. The van der Waals surface area contributed by atoms with Crippen molar-refractivity contribution in [2.24, 2.45) is 0 Å². The van der Waals surface area contributed by atoms with Crippen molar-refractivity contribution in [1.29, 1.82) is 0 Å². The smallest absolute Gasteiger partial charge is 0.137 e. The second-order valence-corrected chi connectivity index (χ2v) is 8.67. The normalized spacial score (nSPS) is 20.1. The second-order valence-electron chi connectivity index (χ2n) is 7.42. The van der Waals surface area contributed by atoms with Crippen LogP contribution in [-0.2, 0) is 4.74 Å². The molecule has 1 saturated heterocycles. The summed E-state index contributed by atoms with van der Waals surface area (Å²) in [6.45, 7) is 9.04. The quantitative estimate of drug-likeness (QED) is 0.560. The number of thioether (sulfide) groups is 1. The van der Waals surface area contributed by atoms with Crippen LogP contribution in [-0.4, -0.2) is 24.1 Å². The van der Waals surface area contributed by atoms with Gasteiger partial charge in [0.1, 0.15) is 11.5 Å². The highest BCUT2D eigenvalue weighted by atomic mass is 32.2. The van der Waals surface area contributed by atoms with E-state index in [9.17, 15) is 0 Å². The van der Waals surface area contributed by atoms with Crippen LogP contribution in [0.15, 0.2) is 53.4 Å². The maximum absolute atomic E-state index is 6.19. The van der Waals surface area contributed by atoms with Crippen molar-refractivity contribution in [1.82, 2.24) is 0 Å². The minimum Gasteiger partial charge on any atom is -0.490 e. The molecular formula is C23H30O3S. The van der Waals surface area contributed by atoms with Crippen molar-refractivity contribution < 1.29 is 14.2 Å². The van der Waals surface area contributed by atoms with Crippen molar-refractivity contribution in [2.75, 3.05) is 6.61 Å². The standard InChI is InChI=1S/C23H30O3S/c1-16(2)25-19-12-8-13-20(26-17(3)4)23(19)27-21-14-9-15-24-22(21)18-10-6-5-7-11-18/h5-8,10-13,16-17,21-22H,9,14-15H2,1-4H3/t21-,22+/m0/s1. The maximum atomic E-state index is 6.19. The molecule has 0 spiro atoms. The van der Waals surface area contributed by atoms with Gasteiger partial charge in [-0.1, -0.05) is 36.4 Å². The molecule has 1 aliphatic rings. The van der Waals surface area contributed by atoms with Crippen molar-refractivity contribution in [3.8, 4) is 11.5 Å². The van der Waals surface area contributed by atoms with Crippen LogP contribution in [0.3, 0.4) is 0 Å². The molecule has 146 valence electrons. The van der Waals surface area contributed by atoms with E-state index < -0.39 is 0 Å². The molecule has 4 heteroatoms. The first-order chi connectivity index (χ1) is 13.0. The Balaban J connectivity index is 1.91. The van der Waals surface area contributed by atoms with Crippen LogP contribution >= 0.6 is 11.8 Å². The highest BCUT2D eigenvalue weighted by molar-refractivity contribution is 8.00. The molecule has 1 heterocycles. The van der Waals surface area contributed by atoms with Crippen LogP contribution in [0.2, 0.25) is 0 Å². The molecule has 0 aliphatic carbocycles.